The summed E-state index contributed by atoms with van der Waals surface area (Å²) in [6.45, 7) is 6.32. The van der Waals surface area contributed by atoms with E-state index in [4.69, 9.17) is 23.2 Å². The largest absolute Gasteiger partial charge is 0.573 e. The topological polar surface area (TPSA) is 49.7 Å². The first kappa shape index (κ1) is 30.2. The lowest BCUT2D eigenvalue weighted by Gasteiger charge is -2.35. The van der Waals surface area contributed by atoms with Gasteiger partial charge in [0.1, 0.15) is 5.75 Å². The maximum atomic E-state index is 12.7. The van der Waals surface area contributed by atoms with Crippen LogP contribution in [0.2, 0.25) is 10.0 Å². The SMILES string of the molecule is O=CNCCCn1cc(-c2ccc(OC(F)(F)F)cc2)c2cc(CN3CCN(Cc4c(Cl)cccc4Cl)CC3)ccc21. The molecule has 4 aromatic rings. The minimum Gasteiger partial charge on any atom is -0.406 e. The third kappa shape index (κ3) is 7.58. The van der Waals surface area contributed by atoms with Crippen molar-refractivity contribution in [3.63, 3.8) is 0 Å². The van der Waals surface area contributed by atoms with Crippen molar-refractivity contribution in [1.29, 1.82) is 0 Å². The van der Waals surface area contributed by atoms with Crippen LogP contribution in [0.4, 0.5) is 13.2 Å². The lowest BCUT2D eigenvalue weighted by Crippen LogP contribution is -2.45. The third-order valence-electron chi connectivity index (χ3n) is 7.46. The maximum Gasteiger partial charge on any atom is 0.573 e. The molecular weight excluding hydrogens is 588 g/mol. The van der Waals surface area contributed by atoms with E-state index in [1.54, 1.807) is 12.1 Å². The normalized spacial score (nSPS) is 14.8. The van der Waals surface area contributed by atoms with E-state index >= 15 is 0 Å². The monoisotopic (exact) mass is 618 g/mol. The van der Waals surface area contributed by atoms with Crippen LogP contribution < -0.4 is 10.1 Å². The molecule has 1 saturated heterocycles. The van der Waals surface area contributed by atoms with Crippen LogP contribution in [0.5, 0.6) is 5.75 Å². The van der Waals surface area contributed by atoms with Gasteiger partial charge in [-0.25, -0.2) is 0 Å². The number of carbonyl (C=O) groups excluding carboxylic acids is 1. The molecule has 11 heteroatoms. The van der Waals surface area contributed by atoms with Gasteiger partial charge in [0.05, 0.1) is 0 Å². The number of benzene rings is 3. The molecule has 0 saturated carbocycles. The van der Waals surface area contributed by atoms with Crippen molar-refractivity contribution in [3.8, 4) is 16.9 Å². The lowest BCUT2D eigenvalue weighted by molar-refractivity contribution is -0.274. The fourth-order valence-electron chi connectivity index (χ4n) is 5.37. The minimum absolute atomic E-state index is 0.258. The number of hydrogen-bond donors (Lipinski definition) is 1. The Balaban J connectivity index is 1.32. The third-order valence-corrected chi connectivity index (χ3v) is 8.17. The van der Waals surface area contributed by atoms with Gasteiger partial charge in [0, 0.05) is 90.6 Å². The van der Waals surface area contributed by atoms with E-state index in [1.807, 2.05) is 24.4 Å². The zero-order valence-electron chi connectivity index (χ0n) is 22.8. The second-order valence-electron chi connectivity index (χ2n) is 10.3. The number of nitrogens with one attached hydrogen (secondary N) is 1. The molecule has 1 aliphatic heterocycles. The molecule has 2 heterocycles. The van der Waals surface area contributed by atoms with Gasteiger partial charge in [0.25, 0.3) is 0 Å². The molecular formula is C31H31Cl2F3N4O2. The highest BCUT2D eigenvalue weighted by Crippen LogP contribution is 2.34. The molecule has 0 atom stereocenters. The number of rotatable bonds is 11. The highest BCUT2D eigenvalue weighted by molar-refractivity contribution is 6.35. The zero-order valence-corrected chi connectivity index (χ0v) is 24.4. The first-order chi connectivity index (χ1) is 20.2. The van der Waals surface area contributed by atoms with Crippen LogP contribution >= 0.6 is 23.2 Å². The number of ether oxygens (including phenoxy) is 1. The van der Waals surface area contributed by atoms with E-state index < -0.39 is 6.36 Å². The summed E-state index contributed by atoms with van der Waals surface area (Å²) in [7, 11) is 0. The summed E-state index contributed by atoms with van der Waals surface area (Å²) >= 11 is 12.7. The Morgan fingerprint density at radius 3 is 2.21 bits per heavy atom. The van der Waals surface area contributed by atoms with Gasteiger partial charge in [0.15, 0.2) is 0 Å². The molecule has 1 N–H and O–H groups in total. The number of hydrogen-bond acceptors (Lipinski definition) is 4. The molecule has 1 aliphatic rings. The molecule has 0 bridgehead atoms. The van der Waals surface area contributed by atoms with E-state index in [-0.39, 0.29) is 5.75 Å². The smallest absolute Gasteiger partial charge is 0.406 e. The van der Waals surface area contributed by atoms with Gasteiger partial charge in [0.2, 0.25) is 6.41 Å². The van der Waals surface area contributed by atoms with Crippen molar-refractivity contribution in [2.24, 2.45) is 0 Å². The average Bonchev–Trinajstić information content (AvgIpc) is 3.31. The second-order valence-corrected chi connectivity index (χ2v) is 11.2. The minimum atomic E-state index is -4.74. The van der Waals surface area contributed by atoms with Gasteiger partial charge in [-0.3, -0.25) is 14.6 Å². The number of halogens is 5. The van der Waals surface area contributed by atoms with Crippen molar-refractivity contribution in [3.05, 3.63) is 88.0 Å². The lowest BCUT2D eigenvalue weighted by atomic mass is 10.0. The van der Waals surface area contributed by atoms with E-state index in [0.29, 0.717) is 36.1 Å². The Morgan fingerprint density at radius 2 is 1.57 bits per heavy atom. The van der Waals surface area contributed by atoms with Gasteiger partial charge < -0.3 is 14.6 Å². The molecule has 0 spiro atoms. The van der Waals surface area contributed by atoms with E-state index in [2.05, 4.69) is 42.6 Å². The Labute approximate surface area is 252 Å². The molecule has 3 aromatic carbocycles. The highest BCUT2D eigenvalue weighted by atomic mass is 35.5. The second kappa shape index (κ2) is 13.4. The van der Waals surface area contributed by atoms with Crippen LogP contribution in [0.3, 0.4) is 0 Å². The summed E-state index contributed by atoms with van der Waals surface area (Å²) in [6, 6.07) is 17.9. The average molecular weight is 620 g/mol. The van der Waals surface area contributed by atoms with Crippen LogP contribution in [0.15, 0.2) is 66.9 Å². The quantitative estimate of drug-likeness (QED) is 0.146. The molecule has 1 aromatic heterocycles. The van der Waals surface area contributed by atoms with Crippen LogP contribution in [-0.2, 0) is 24.4 Å². The summed E-state index contributed by atoms with van der Waals surface area (Å²) in [6.07, 6.45) is -1.30. The van der Waals surface area contributed by atoms with Gasteiger partial charge in [-0.2, -0.15) is 0 Å². The number of carbonyl (C=O) groups is 1. The first-order valence-corrected chi connectivity index (χ1v) is 14.5. The Kier molecular flexibility index (Phi) is 9.63. The van der Waals surface area contributed by atoms with Crippen LogP contribution in [-0.4, -0.2) is 59.9 Å². The van der Waals surface area contributed by atoms with E-state index in [1.165, 1.54) is 12.1 Å². The van der Waals surface area contributed by atoms with Gasteiger partial charge in [-0.15, -0.1) is 13.2 Å². The van der Waals surface area contributed by atoms with Crippen LogP contribution in [0.1, 0.15) is 17.5 Å². The predicted molar refractivity (Wildman–Crippen MR) is 160 cm³/mol. The number of nitrogens with zero attached hydrogens (tertiary/aromatic N) is 3. The van der Waals surface area contributed by atoms with Gasteiger partial charge >= 0.3 is 6.36 Å². The Hall–Kier alpha value is -3.24. The molecule has 0 radical (unpaired) electrons. The number of aromatic nitrogens is 1. The highest BCUT2D eigenvalue weighted by Gasteiger charge is 2.31. The number of amides is 1. The van der Waals surface area contributed by atoms with Crippen molar-refractivity contribution >= 4 is 40.5 Å². The molecule has 0 aliphatic carbocycles. The van der Waals surface area contributed by atoms with Gasteiger partial charge in [-0.1, -0.05) is 47.5 Å². The molecule has 1 fully saturated rings. The van der Waals surface area contributed by atoms with Crippen molar-refractivity contribution in [2.75, 3.05) is 32.7 Å². The summed E-state index contributed by atoms with van der Waals surface area (Å²) in [5.41, 5.74) is 4.86. The van der Waals surface area contributed by atoms with Crippen molar-refractivity contribution in [2.45, 2.75) is 32.4 Å². The van der Waals surface area contributed by atoms with Gasteiger partial charge in [-0.05, 0) is 53.9 Å². The summed E-state index contributed by atoms with van der Waals surface area (Å²) in [4.78, 5) is 15.4. The predicted octanol–water partition coefficient (Wildman–Crippen LogP) is 6.97. The standard InChI is InChI=1S/C31H31Cl2F3N4O2/c32-28-3-1-4-29(33)27(28)19-39-15-13-38(14-16-39)18-22-5-10-30-25(17-22)26(20-40(30)12-2-11-37-21-41)23-6-8-24(9-7-23)42-31(34,35)36/h1,3-10,17,20-21H,2,11-16,18-19H2,(H,37,41). The molecule has 6 nitrogen and oxygen atoms in total. The fourth-order valence-corrected chi connectivity index (χ4v) is 5.89. The number of aryl methyl sites for hydroxylation is 1. The first-order valence-electron chi connectivity index (χ1n) is 13.7. The number of fused-ring (bicyclic) bond motifs is 1. The maximum absolute atomic E-state index is 12.7. The van der Waals surface area contributed by atoms with Crippen molar-refractivity contribution < 1.29 is 22.7 Å². The van der Waals surface area contributed by atoms with Crippen molar-refractivity contribution in [1.82, 2.24) is 19.7 Å². The fraction of sp³-hybridized carbons (Fsp3) is 0.323. The van der Waals surface area contributed by atoms with Crippen LogP contribution in [0.25, 0.3) is 22.0 Å². The van der Waals surface area contributed by atoms with E-state index in [9.17, 15) is 18.0 Å². The Bertz CT molecular complexity index is 1500. The molecule has 222 valence electrons. The van der Waals surface area contributed by atoms with E-state index in [0.717, 1.165) is 72.3 Å². The summed E-state index contributed by atoms with van der Waals surface area (Å²) in [5.74, 6) is -0.258. The Morgan fingerprint density at radius 1 is 0.905 bits per heavy atom. The zero-order chi connectivity index (χ0) is 29.7. The molecule has 42 heavy (non-hydrogen) atoms. The molecule has 5 rings (SSSR count). The van der Waals surface area contributed by atoms with Crippen LogP contribution in [0, 0.1) is 0 Å². The molecule has 0 unspecified atom stereocenters. The summed E-state index contributed by atoms with van der Waals surface area (Å²) in [5, 5.41) is 5.07. The number of alkyl halides is 3. The summed E-state index contributed by atoms with van der Waals surface area (Å²) < 4.78 is 44.2. The molecule has 1 amide bonds. The number of piperazine rings is 1.